The van der Waals surface area contributed by atoms with Gasteiger partial charge in [0.15, 0.2) is 11.7 Å². The molecule has 1 aromatic carbocycles. The molecule has 0 saturated heterocycles. The number of aromatic nitrogens is 3. The number of aromatic amines is 1. The van der Waals surface area contributed by atoms with E-state index in [1.807, 2.05) is 13.8 Å². The summed E-state index contributed by atoms with van der Waals surface area (Å²) in [4.78, 5) is 8.86. The topological polar surface area (TPSA) is 100 Å². The number of benzene rings is 1. The Bertz CT molecular complexity index is 883. The molecular formula is C19H24FIN6O2. The second-order valence-corrected chi connectivity index (χ2v) is 6.04. The van der Waals surface area contributed by atoms with Gasteiger partial charge in [-0.25, -0.2) is 14.4 Å². The van der Waals surface area contributed by atoms with E-state index in [1.54, 1.807) is 30.5 Å². The highest BCUT2D eigenvalue weighted by molar-refractivity contribution is 14.0. The summed E-state index contributed by atoms with van der Waals surface area (Å²) in [7, 11) is 0. The Kier molecular flexibility index (Phi) is 8.90. The number of furan rings is 1. The molecule has 3 N–H and O–H groups in total. The zero-order chi connectivity index (χ0) is 19.8. The largest absolute Gasteiger partial charge is 0.489 e. The van der Waals surface area contributed by atoms with Gasteiger partial charge in [-0.05, 0) is 50.2 Å². The zero-order valence-electron chi connectivity index (χ0n) is 16.2. The van der Waals surface area contributed by atoms with E-state index in [-0.39, 0.29) is 35.9 Å². The lowest BCUT2D eigenvalue weighted by Gasteiger charge is -2.17. The van der Waals surface area contributed by atoms with Gasteiger partial charge in [0.2, 0.25) is 5.82 Å². The highest BCUT2D eigenvalue weighted by Gasteiger charge is 2.09. The molecule has 0 bridgehead atoms. The number of nitrogens with zero attached hydrogens (tertiary/aromatic N) is 3. The number of nitrogens with one attached hydrogen (secondary N) is 3. The second kappa shape index (κ2) is 11.4. The van der Waals surface area contributed by atoms with Crippen molar-refractivity contribution < 1.29 is 13.5 Å². The van der Waals surface area contributed by atoms with Crippen LogP contribution in [0.1, 0.15) is 19.7 Å². The first-order valence-electron chi connectivity index (χ1n) is 9.03. The molecule has 0 spiro atoms. The third-order valence-corrected chi connectivity index (χ3v) is 3.71. The summed E-state index contributed by atoms with van der Waals surface area (Å²) in [5, 5.41) is 13.4. The van der Waals surface area contributed by atoms with Crippen molar-refractivity contribution in [2.24, 2.45) is 4.99 Å². The Morgan fingerprint density at radius 1 is 1.28 bits per heavy atom. The van der Waals surface area contributed by atoms with Crippen molar-refractivity contribution in [2.45, 2.75) is 26.5 Å². The van der Waals surface area contributed by atoms with E-state index in [4.69, 9.17) is 9.15 Å². The molecule has 0 aliphatic carbocycles. The fraction of sp³-hybridized carbons (Fsp3) is 0.316. The Hall–Kier alpha value is -2.63. The minimum Gasteiger partial charge on any atom is -0.489 e. The van der Waals surface area contributed by atoms with Crippen LogP contribution >= 0.6 is 24.0 Å². The van der Waals surface area contributed by atoms with E-state index in [2.05, 4.69) is 30.8 Å². The molecule has 3 rings (SSSR count). The van der Waals surface area contributed by atoms with Crippen LogP contribution < -0.4 is 15.4 Å². The number of rotatable bonds is 8. The normalized spacial score (nSPS) is 12.2. The number of ether oxygens (including phenoxy) is 1. The SMILES string of the molecule is CCNC(=NCc1nc(-c2ccco2)n[nH]1)NCC(C)Oc1ccc(F)cc1.I. The Labute approximate surface area is 185 Å². The average Bonchev–Trinajstić information content (AvgIpc) is 3.37. The molecule has 3 aromatic rings. The Morgan fingerprint density at radius 2 is 2.07 bits per heavy atom. The van der Waals surface area contributed by atoms with Gasteiger partial charge < -0.3 is 19.8 Å². The minimum absolute atomic E-state index is 0. The highest BCUT2D eigenvalue weighted by atomic mass is 127. The summed E-state index contributed by atoms with van der Waals surface area (Å²) in [5.41, 5.74) is 0. The first-order chi connectivity index (χ1) is 13.6. The molecule has 0 radical (unpaired) electrons. The number of hydrogen-bond donors (Lipinski definition) is 3. The molecule has 0 aliphatic rings. The Morgan fingerprint density at radius 3 is 2.76 bits per heavy atom. The molecule has 29 heavy (non-hydrogen) atoms. The van der Waals surface area contributed by atoms with Crippen LogP contribution in [0.3, 0.4) is 0 Å². The average molecular weight is 514 g/mol. The summed E-state index contributed by atoms with van der Waals surface area (Å²) in [6.07, 6.45) is 1.44. The van der Waals surface area contributed by atoms with Crippen molar-refractivity contribution in [3.05, 3.63) is 54.3 Å². The number of H-pyrrole nitrogens is 1. The summed E-state index contributed by atoms with van der Waals surface area (Å²) in [6, 6.07) is 9.53. The maximum Gasteiger partial charge on any atom is 0.216 e. The summed E-state index contributed by atoms with van der Waals surface area (Å²) in [5.74, 6) is 2.68. The molecule has 2 heterocycles. The van der Waals surface area contributed by atoms with Crippen LogP contribution in [0, 0.1) is 5.82 Å². The van der Waals surface area contributed by atoms with Gasteiger partial charge in [0.1, 0.15) is 30.0 Å². The third-order valence-electron chi connectivity index (χ3n) is 3.71. The van der Waals surface area contributed by atoms with Crippen molar-refractivity contribution in [1.82, 2.24) is 25.8 Å². The summed E-state index contributed by atoms with van der Waals surface area (Å²) < 4.78 is 24.0. The van der Waals surface area contributed by atoms with Crippen LogP contribution in [0.15, 0.2) is 52.1 Å². The van der Waals surface area contributed by atoms with E-state index in [0.717, 1.165) is 0 Å². The number of hydrogen-bond acceptors (Lipinski definition) is 5. The van der Waals surface area contributed by atoms with Crippen molar-refractivity contribution in [3.8, 4) is 17.3 Å². The van der Waals surface area contributed by atoms with E-state index < -0.39 is 0 Å². The molecule has 0 amide bonds. The quantitative estimate of drug-likeness (QED) is 0.242. The first kappa shape index (κ1) is 22.7. The van der Waals surface area contributed by atoms with Gasteiger partial charge in [-0.15, -0.1) is 29.1 Å². The van der Waals surface area contributed by atoms with Gasteiger partial charge in [0, 0.05) is 6.54 Å². The smallest absolute Gasteiger partial charge is 0.216 e. The fourth-order valence-electron chi connectivity index (χ4n) is 2.41. The lowest BCUT2D eigenvalue weighted by atomic mass is 10.3. The summed E-state index contributed by atoms with van der Waals surface area (Å²) in [6.45, 7) is 5.48. The van der Waals surface area contributed by atoms with Crippen LogP contribution in [0.5, 0.6) is 5.75 Å². The minimum atomic E-state index is -0.290. The van der Waals surface area contributed by atoms with Gasteiger partial charge in [0.25, 0.3) is 0 Å². The van der Waals surface area contributed by atoms with Crippen molar-refractivity contribution in [3.63, 3.8) is 0 Å². The van der Waals surface area contributed by atoms with Crippen LogP contribution in [0.4, 0.5) is 4.39 Å². The van der Waals surface area contributed by atoms with Crippen LogP contribution in [0.2, 0.25) is 0 Å². The van der Waals surface area contributed by atoms with E-state index in [1.165, 1.54) is 12.1 Å². The van der Waals surface area contributed by atoms with E-state index in [9.17, 15) is 4.39 Å². The molecule has 0 aliphatic heterocycles. The number of guanidine groups is 1. The van der Waals surface area contributed by atoms with Crippen molar-refractivity contribution in [2.75, 3.05) is 13.1 Å². The summed E-state index contributed by atoms with van der Waals surface area (Å²) >= 11 is 0. The molecule has 2 aromatic heterocycles. The highest BCUT2D eigenvalue weighted by Crippen LogP contribution is 2.14. The monoisotopic (exact) mass is 514 g/mol. The maximum absolute atomic E-state index is 13.0. The van der Waals surface area contributed by atoms with Crippen LogP contribution in [0.25, 0.3) is 11.6 Å². The van der Waals surface area contributed by atoms with Gasteiger partial charge in [-0.1, -0.05) is 0 Å². The van der Waals surface area contributed by atoms with E-state index >= 15 is 0 Å². The van der Waals surface area contributed by atoms with Gasteiger partial charge in [-0.2, -0.15) is 0 Å². The third kappa shape index (κ3) is 7.04. The predicted molar refractivity (Wildman–Crippen MR) is 119 cm³/mol. The van der Waals surface area contributed by atoms with Gasteiger partial charge in [-0.3, -0.25) is 5.10 Å². The Balaban J connectivity index is 0.00000300. The lowest BCUT2D eigenvalue weighted by molar-refractivity contribution is 0.223. The maximum atomic E-state index is 13.0. The molecule has 8 nitrogen and oxygen atoms in total. The predicted octanol–water partition coefficient (Wildman–Crippen LogP) is 3.34. The zero-order valence-corrected chi connectivity index (χ0v) is 18.5. The standard InChI is InChI=1S/C19H23FN6O2.HI/c1-3-21-19(22-11-13(2)28-15-8-6-14(20)7-9-15)23-12-17-24-18(26-25-17)16-5-4-10-27-16;/h4-10,13H,3,11-12H2,1-2H3,(H2,21,22,23)(H,24,25,26);1H. The molecule has 1 unspecified atom stereocenters. The molecule has 10 heteroatoms. The molecule has 0 fully saturated rings. The van der Waals surface area contributed by atoms with Crippen molar-refractivity contribution >= 4 is 29.9 Å². The fourth-order valence-corrected chi connectivity index (χ4v) is 2.41. The number of aliphatic imine (C=N–C) groups is 1. The van der Waals surface area contributed by atoms with Crippen LogP contribution in [-0.2, 0) is 6.54 Å². The molecule has 0 saturated carbocycles. The van der Waals surface area contributed by atoms with Crippen molar-refractivity contribution in [1.29, 1.82) is 0 Å². The lowest BCUT2D eigenvalue weighted by Crippen LogP contribution is -2.41. The van der Waals surface area contributed by atoms with Gasteiger partial charge in [0.05, 0.1) is 12.8 Å². The molecule has 156 valence electrons. The number of halogens is 2. The second-order valence-electron chi connectivity index (χ2n) is 6.04. The first-order valence-corrected chi connectivity index (χ1v) is 9.03. The van der Waals surface area contributed by atoms with Gasteiger partial charge >= 0.3 is 0 Å². The van der Waals surface area contributed by atoms with Crippen LogP contribution in [-0.4, -0.2) is 40.3 Å². The van der Waals surface area contributed by atoms with E-state index in [0.29, 0.717) is 48.8 Å². The molecule has 1 atom stereocenters. The molecular weight excluding hydrogens is 490 g/mol.